The number of carbonyl (C=O) groups is 1. The van der Waals surface area contributed by atoms with Crippen LogP contribution in [0.25, 0.3) is 27.5 Å². The van der Waals surface area contributed by atoms with E-state index in [4.69, 9.17) is 38.0 Å². The molecule has 188 valence electrons. The number of methoxy groups -OCH3 is 1. The third-order valence-corrected chi connectivity index (χ3v) is 8.22. The van der Waals surface area contributed by atoms with Crippen molar-refractivity contribution in [1.29, 1.82) is 0 Å². The molecule has 4 aromatic rings. The Hall–Kier alpha value is -2.39. The number of thiazole rings is 1. The highest BCUT2D eigenvalue weighted by atomic mass is 35.5. The predicted molar refractivity (Wildman–Crippen MR) is 149 cm³/mol. The molecule has 0 bridgehead atoms. The van der Waals surface area contributed by atoms with E-state index in [0.717, 1.165) is 32.4 Å². The zero-order chi connectivity index (χ0) is 26.4. The number of nitrogens with zero attached hydrogens (tertiary/aromatic N) is 4. The Bertz CT molecular complexity index is 1450. The molecule has 1 aromatic carbocycles. The van der Waals surface area contributed by atoms with E-state index in [9.17, 15) is 4.79 Å². The molecular weight excluding hydrogens is 535 g/mol. The van der Waals surface area contributed by atoms with Crippen LogP contribution in [0.1, 0.15) is 48.3 Å². The van der Waals surface area contributed by atoms with Gasteiger partial charge in [-0.1, -0.05) is 61.4 Å². The van der Waals surface area contributed by atoms with Crippen molar-refractivity contribution < 1.29 is 9.53 Å². The van der Waals surface area contributed by atoms with Crippen LogP contribution in [-0.4, -0.2) is 37.6 Å². The van der Waals surface area contributed by atoms with Crippen LogP contribution in [0.15, 0.2) is 34.5 Å². The second-order valence-corrected chi connectivity index (χ2v) is 13.2. The fraction of sp³-hybridized carbons (Fsp3) is 0.308. The quantitative estimate of drug-likeness (QED) is 0.182. The fourth-order valence-electron chi connectivity index (χ4n) is 3.83. The number of hydrogen-bond acceptors (Lipinski definition) is 7. The lowest BCUT2D eigenvalue weighted by Crippen LogP contribution is -2.11. The minimum atomic E-state index is -0.492. The lowest BCUT2D eigenvalue weighted by Gasteiger charge is -2.16. The molecule has 0 radical (unpaired) electrons. The summed E-state index contributed by atoms with van der Waals surface area (Å²) < 4.78 is 7.68. The first kappa shape index (κ1) is 26.7. The number of thioether (sulfide) groups is 1. The molecule has 0 amide bonds. The van der Waals surface area contributed by atoms with Gasteiger partial charge in [-0.15, -0.1) is 11.8 Å². The molecule has 10 heteroatoms. The Morgan fingerprint density at radius 3 is 2.25 bits per heavy atom. The first-order valence-corrected chi connectivity index (χ1v) is 13.6. The fourth-order valence-corrected chi connectivity index (χ4v) is 6.87. The van der Waals surface area contributed by atoms with Gasteiger partial charge in [0.2, 0.25) is 5.13 Å². The van der Waals surface area contributed by atoms with Crippen molar-refractivity contribution in [3.8, 4) is 27.5 Å². The maximum atomic E-state index is 13.1. The predicted octanol–water partition coefficient (Wildman–Crippen LogP) is 7.97. The second-order valence-electron chi connectivity index (χ2n) is 9.33. The Balaban J connectivity index is 1.96. The molecule has 0 atom stereocenters. The molecule has 0 spiro atoms. The van der Waals surface area contributed by atoms with Crippen molar-refractivity contribution in [3.05, 3.63) is 63.2 Å². The van der Waals surface area contributed by atoms with Gasteiger partial charge in [0.25, 0.3) is 0 Å². The Labute approximate surface area is 229 Å². The van der Waals surface area contributed by atoms with Crippen molar-refractivity contribution >= 4 is 52.3 Å². The summed E-state index contributed by atoms with van der Waals surface area (Å²) in [6.45, 7) is 12.1. The first-order valence-electron chi connectivity index (χ1n) is 11.2. The van der Waals surface area contributed by atoms with Crippen LogP contribution < -0.4 is 0 Å². The average Bonchev–Trinajstić information content (AvgIpc) is 3.34. The van der Waals surface area contributed by atoms with Crippen molar-refractivity contribution in [3.63, 3.8) is 0 Å². The van der Waals surface area contributed by atoms with Crippen LogP contribution in [0.3, 0.4) is 0 Å². The van der Waals surface area contributed by atoms with Crippen molar-refractivity contribution in [1.82, 2.24) is 19.7 Å². The zero-order valence-corrected chi connectivity index (χ0v) is 24.2. The van der Waals surface area contributed by atoms with Gasteiger partial charge in [-0.2, -0.15) is 9.78 Å². The molecule has 0 saturated heterocycles. The van der Waals surface area contributed by atoms with Gasteiger partial charge in [0.05, 0.1) is 32.8 Å². The molecule has 0 fully saturated rings. The summed E-state index contributed by atoms with van der Waals surface area (Å²) in [7, 11) is 1.37. The Kier molecular flexibility index (Phi) is 7.53. The summed E-state index contributed by atoms with van der Waals surface area (Å²) >= 11 is 15.7. The minimum Gasteiger partial charge on any atom is -0.464 e. The molecular formula is C26H26Cl2N4O2S2. The van der Waals surface area contributed by atoms with Crippen LogP contribution >= 0.6 is 46.3 Å². The summed E-state index contributed by atoms with van der Waals surface area (Å²) in [5.74, 6) is -0.492. The lowest BCUT2D eigenvalue weighted by atomic mass is 10.0. The molecule has 4 rings (SSSR count). The zero-order valence-electron chi connectivity index (χ0n) is 21.1. The number of halogens is 2. The highest BCUT2D eigenvalue weighted by Crippen LogP contribution is 2.44. The molecule has 0 aliphatic carbocycles. The third kappa shape index (κ3) is 5.47. The van der Waals surface area contributed by atoms with Gasteiger partial charge >= 0.3 is 5.97 Å². The van der Waals surface area contributed by atoms with Crippen molar-refractivity contribution in [2.24, 2.45) is 0 Å². The normalized spacial score (nSPS) is 11.7. The lowest BCUT2D eigenvalue weighted by molar-refractivity contribution is 0.0591. The van der Waals surface area contributed by atoms with E-state index in [2.05, 4.69) is 25.8 Å². The van der Waals surface area contributed by atoms with E-state index in [1.165, 1.54) is 18.4 Å². The summed E-state index contributed by atoms with van der Waals surface area (Å²) in [5, 5.41) is 6.23. The van der Waals surface area contributed by atoms with Crippen LogP contribution in [-0.2, 0) is 4.74 Å². The molecule has 3 aromatic heterocycles. The Morgan fingerprint density at radius 1 is 1.00 bits per heavy atom. The highest BCUT2D eigenvalue weighted by molar-refractivity contribution is 8.02. The molecule has 3 heterocycles. The first-order chi connectivity index (χ1) is 16.9. The molecule has 0 saturated carbocycles. The van der Waals surface area contributed by atoms with Gasteiger partial charge in [-0.3, -0.25) is 4.98 Å². The van der Waals surface area contributed by atoms with Crippen molar-refractivity contribution in [2.45, 2.75) is 50.5 Å². The van der Waals surface area contributed by atoms with E-state index >= 15 is 0 Å². The smallest absolute Gasteiger partial charge is 0.357 e. The van der Waals surface area contributed by atoms with Crippen LogP contribution in [0.4, 0.5) is 0 Å². The third-order valence-electron chi connectivity index (χ3n) is 5.17. The summed E-state index contributed by atoms with van der Waals surface area (Å²) in [6, 6.07) is 9.34. The molecule has 0 N–H and O–H groups in total. The van der Waals surface area contributed by atoms with Gasteiger partial charge in [0, 0.05) is 27.3 Å². The maximum absolute atomic E-state index is 13.1. The van der Waals surface area contributed by atoms with Gasteiger partial charge in [-0.25, -0.2) is 9.78 Å². The molecule has 0 aliphatic rings. The Morgan fingerprint density at radius 2 is 1.67 bits per heavy atom. The van der Waals surface area contributed by atoms with Crippen LogP contribution in [0.5, 0.6) is 0 Å². The topological polar surface area (TPSA) is 69.9 Å². The van der Waals surface area contributed by atoms with E-state index in [1.54, 1.807) is 28.6 Å². The van der Waals surface area contributed by atoms with E-state index in [-0.39, 0.29) is 4.75 Å². The molecule has 36 heavy (non-hydrogen) atoms. The number of rotatable bonds is 5. The number of hydrogen-bond donors (Lipinski definition) is 0. The van der Waals surface area contributed by atoms with Crippen LogP contribution in [0.2, 0.25) is 10.0 Å². The largest absolute Gasteiger partial charge is 0.464 e. The average molecular weight is 562 g/mol. The van der Waals surface area contributed by atoms with Gasteiger partial charge in [-0.05, 0) is 50.6 Å². The second kappa shape index (κ2) is 10.2. The number of aryl methyl sites for hydroxylation is 3. The molecule has 6 nitrogen and oxygen atoms in total. The maximum Gasteiger partial charge on any atom is 0.357 e. The highest BCUT2D eigenvalue weighted by Gasteiger charge is 2.28. The standard InChI is InChI=1S/C26H26Cl2N4O2S2/c1-13-10-17(11-14(2)29-13)20-15(3)31-32(22(20)23(33)34-7)25-30-21(24(35-25)36-26(4,5)6)16-8-9-18(27)19(28)12-16/h8-12H,1-7H3. The van der Waals surface area contributed by atoms with Gasteiger partial charge in [0.1, 0.15) is 0 Å². The number of benzene rings is 1. The number of pyridine rings is 1. The minimum absolute atomic E-state index is 0.0722. The molecule has 0 unspecified atom stereocenters. The number of ether oxygens (including phenoxy) is 1. The number of aromatic nitrogens is 4. The molecule has 0 aliphatic heterocycles. The number of esters is 1. The summed E-state index contributed by atoms with van der Waals surface area (Å²) in [5.41, 5.74) is 5.87. The monoisotopic (exact) mass is 560 g/mol. The van der Waals surface area contributed by atoms with Gasteiger partial charge in [0.15, 0.2) is 5.69 Å². The van der Waals surface area contributed by atoms with E-state index in [0.29, 0.717) is 32.1 Å². The van der Waals surface area contributed by atoms with E-state index < -0.39 is 5.97 Å². The van der Waals surface area contributed by atoms with Crippen LogP contribution in [0, 0.1) is 20.8 Å². The number of carbonyl (C=O) groups excluding carboxylic acids is 1. The SMILES string of the molecule is COC(=O)c1c(-c2cc(C)nc(C)c2)c(C)nn1-c1nc(-c2ccc(Cl)c(Cl)c2)c(SC(C)(C)C)s1. The van der Waals surface area contributed by atoms with Crippen molar-refractivity contribution in [2.75, 3.05) is 7.11 Å². The van der Waals surface area contributed by atoms with E-state index in [1.807, 2.05) is 39.0 Å². The van der Waals surface area contributed by atoms with Gasteiger partial charge < -0.3 is 4.74 Å². The summed E-state index contributed by atoms with van der Waals surface area (Å²) in [4.78, 5) is 22.5. The summed E-state index contributed by atoms with van der Waals surface area (Å²) in [6.07, 6.45) is 0.